The third-order valence-corrected chi connectivity index (χ3v) is 2.31. The van der Waals surface area contributed by atoms with Gasteiger partial charge in [0.25, 0.3) is 0 Å². The lowest BCUT2D eigenvalue weighted by Gasteiger charge is -2.17. The number of nitrogens with zero attached hydrogens (tertiary/aromatic N) is 1. The van der Waals surface area contributed by atoms with Crippen molar-refractivity contribution in [2.24, 2.45) is 11.7 Å². The Labute approximate surface area is 81.3 Å². The second kappa shape index (κ2) is 4.39. The number of carbonyl (C=O) groups excluding carboxylic acids is 1. The molecule has 0 spiro atoms. The van der Waals surface area contributed by atoms with E-state index in [-0.39, 0.29) is 18.4 Å². The zero-order valence-corrected chi connectivity index (χ0v) is 7.72. The number of β-amino-alcohol motifs (C(OH)–C–C–N with tert-alkyl or cyclic N) is 1. The smallest absolute Gasteiger partial charge is 0.334 e. The van der Waals surface area contributed by atoms with Crippen LogP contribution in [-0.4, -0.2) is 52.7 Å². The van der Waals surface area contributed by atoms with Crippen LogP contribution in [0.5, 0.6) is 0 Å². The number of hydrogen-bond acceptors (Lipinski definition) is 4. The number of likely N-dealkylation sites (tertiary alicyclic amines) is 1. The number of aliphatic carboxylic acids is 1. The molecule has 1 amide bonds. The fraction of sp³-hybridized carbons (Fsp3) is 0.750. The Morgan fingerprint density at radius 1 is 1.71 bits per heavy atom. The van der Waals surface area contributed by atoms with Crippen molar-refractivity contribution < 1.29 is 19.8 Å². The van der Waals surface area contributed by atoms with E-state index in [0.29, 0.717) is 19.5 Å². The van der Waals surface area contributed by atoms with E-state index in [1.807, 2.05) is 0 Å². The molecular weight excluding hydrogens is 188 g/mol. The van der Waals surface area contributed by atoms with E-state index in [2.05, 4.69) is 0 Å². The Balaban J connectivity index is 2.46. The van der Waals surface area contributed by atoms with Crippen molar-refractivity contribution in [3.05, 3.63) is 0 Å². The van der Waals surface area contributed by atoms with Crippen molar-refractivity contribution >= 4 is 11.9 Å². The van der Waals surface area contributed by atoms with Gasteiger partial charge in [0.2, 0.25) is 5.91 Å². The lowest BCUT2D eigenvalue weighted by molar-refractivity contribution is -0.148. The number of hydrogen-bond donors (Lipinski definition) is 3. The molecule has 1 aliphatic heterocycles. The molecule has 6 nitrogen and oxygen atoms in total. The zero-order chi connectivity index (χ0) is 10.7. The first kappa shape index (κ1) is 10.9. The predicted molar refractivity (Wildman–Crippen MR) is 47.4 cm³/mol. The molecule has 0 radical (unpaired) electrons. The molecule has 6 heteroatoms. The monoisotopic (exact) mass is 202 g/mol. The average Bonchev–Trinajstić information content (AvgIpc) is 2.47. The summed E-state index contributed by atoms with van der Waals surface area (Å²) in [5.74, 6) is -1.36. The fourth-order valence-corrected chi connectivity index (χ4v) is 1.48. The summed E-state index contributed by atoms with van der Waals surface area (Å²) < 4.78 is 0. The van der Waals surface area contributed by atoms with Crippen molar-refractivity contribution in [3.8, 4) is 0 Å². The largest absolute Gasteiger partial charge is 0.479 e. The van der Waals surface area contributed by atoms with Crippen molar-refractivity contribution in [1.29, 1.82) is 0 Å². The van der Waals surface area contributed by atoms with Gasteiger partial charge in [0, 0.05) is 13.0 Å². The highest BCUT2D eigenvalue weighted by molar-refractivity contribution is 5.80. The van der Waals surface area contributed by atoms with Gasteiger partial charge in [-0.1, -0.05) is 0 Å². The highest BCUT2D eigenvalue weighted by atomic mass is 16.4. The molecule has 1 saturated heterocycles. The van der Waals surface area contributed by atoms with E-state index < -0.39 is 12.1 Å². The van der Waals surface area contributed by atoms with Gasteiger partial charge in [0.15, 0.2) is 6.10 Å². The topological polar surface area (TPSA) is 104 Å². The van der Waals surface area contributed by atoms with Gasteiger partial charge in [-0.2, -0.15) is 0 Å². The summed E-state index contributed by atoms with van der Waals surface area (Å²) in [6.07, 6.45) is -1.15. The summed E-state index contributed by atoms with van der Waals surface area (Å²) in [6, 6.07) is 0. The average molecular weight is 202 g/mol. The van der Waals surface area contributed by atoms with Gasteiger partial charge in [0.1, 0.15) is 0 Å². The molecule has 0 aromatic carbocycles. The number of amides is 1. The van der Waals surface area contributed by atoms with Crippen LogP contribution in [-0.2, 0) is 9.59 Å². The Morgan fingerprint density at radius 2 is 2.36 bits per heavy atom. The lowest BCUT2D eigenvalue weighted by Crippen LogP contribution is -2.38. The number of carboxylic acids is 1. The highest BCUT2D eigenvalue weighted by Crippen LogP contribution is 2.16. The van der Waals surface area contributed by atoms with Crippen LogP contribution in [0.1, 0.15) is 6.42 Å². The lowest BCUT2D eigenvalue weighted by atomic mass is 10.1. The van der Waals surface area contributed by atoms with Gasteiger partial charge >= 0.3 is 5.97 Å². The molecule has 1 rings (SSSR count). The van der Waals surface area contributed by atoms with E-state index >= 15 is 0 Å². The molecule has 14 heavy (non-hydrogen) atoms. The summed E-state index contributed by atoms with van der Waals surface area (Å²) >= 11 is 0. The van der Waals surface area contributed by atoms with E-state index in [4.69, 9.17) is 15.9 Å². The van der Waals surface area contributed by atoms with Crippen molar-refractivity contribution in [2.45, 2.75) is 12.5 Å². The Morgan fingerprint density at radius 3 is 2.79 bits per heavy atom. The van der Waals surface area contributed by atoms with E-state index in [1.54, 1.807) is 0 Å². The number of aliphatic hydroxyl groups excluding tert-OH is 1. The molecule has 0 aromatic heterocycles. The molecule has 0 aliphatic carbocycles. The van der Waals surface area contributed by atoms with E-state index in [0.717, 1.165) is 0 Å². The molecule has 4 N–H and O–H groups in total. The van der Waals surface area contributed by atoms with Gasteiger partial charge in [-0.3, -0.25) is 4.79 Å². The van der Waals surface area contributed by atoms with E-state index in [9.17, 15) is 9.59 Å². The molecule has 1 aliphatic rings. The summed E-state index contributed by atoms with van der Waals surface area (Å²) in [4.78, 5) is 22.9. The predicted octanol–water partition coefficient (Wildman–Crippen LogP) is -1.76. The van der Waals surface area contributed by atoms with Crippen LogP contribution in [0.15, 0.2) is 0 Å². The molecule has 80 valence electrons. The van der Waals surface area contributed by atoms with Crippen LogP contribution < -0.4 is 5.73 Å². The SMILES string of the molecule is NCC1CC(=O)N(CC(O)C(=O)O)C1. The minimum absolute atomic E-state index is 0.0866. The van der Waals surface area contributed by atoms with Crippen LogP contribution in [0.3, 0.4) is 0 Å². The Hall–Kier alpha value is -1.14. The van der Waals surface area contributed by atoms with Gasteiger partial charge in [-0.15, -0.1) is 0 Å². The van der Waals surface area contributed by atoms with Gasteiger partial charge < -0.3 is 20.8 Å². The maximum atomic E-state index is 11.3. The molecular formula is C8H14N2O4. The van der Waals surface area contributed by atoms with Crippen molar-refractivity contribution in [1.82, 2.24) is 4.90 Å². The van der Waals surface area contributed by atoms with Crippen LogP contribution in [0.2, 0.25) is 0 Å². The Bertz CT molecular complexity index is 243. The molecule has 0 aromatic rings. The quantitative estimate of drug-likeness (QED) is 0.501. The number of nitrogens with two attached hydrogens (primary N) is 1. The van der Waals surface area contributed by atoms with Crippen LogP contribution >= 0.6 is 0 Å². The first-order chi connectivity index (χ1) is 6.54. The van der Waals surface area contributed by atoms with Crippen molar-refractivity contribution in [2.75, 3.05) is 19.6 Å². The summed E-state index contributed by atoms with van der Waals surface area (Å²) in [5, 5.41) is 17.5. The number of carbonyl (C=O) groups is 2. The number of carboxylic acid groups (broad SMARTS) is 1. The van der Waals surface area contributed by atoms with Gasteiger partial charge in [0.05, 0.1) is 6.54 Å². The van der Waals surface area contributed by atoms with Crippen LogP contribution in [0, 0.1) is 5.92 Å². The normalized spacial score (nSPS) is 24.0. The third kappa shape index (κ3) is 2.43. The maximum Gasteiger partial charge on any atom is 0.334 e. The van der Waals surface area contributed by atoms with Crippen LogP contribution in [0.25, 0.3) is 0 Å². The molecule has 2 unspecified atom stereocenters. The highest BCUT2D eigenvalue weighted by Gasteiger charge is 2.31. The Kier molecular flexibility index (Phi) is 3.43. The molecule has 0 saturated carbocycles. The number of rotatable bonds is 4. The summed E-state index contributed by atoms with van der Waals surface area (Å²) in [7, 11) is 0. The molecule has 1 fully saturated rings. The van der Waals surface area contributed by atoms with Gasteiger partial charge in [-0.05, 0) is 12.5 Å². The second-order valence-corrected chi connectivity index (χ2v) is 3.46. The first-order valence-electron chi connectivity index (χ1n) is 4.43. The molecule has 1 heterocycles. The molecule has 2 atom stereocenters. The zero-order valence-electron chi connectivity index (χ0n) is 7.72. The minimum Gasteiger partial charge on any atom is -0.479 e. The fourth-order valence-electron chi connectivity index (χ4n) is 1.48. The van der Waals surface area contributed by atoms with E-state index in [1.165, 1.54) is 4.90 Å². The summed E-state index contributed by atoms with van der Waals surface area (Å²) in [6.45, 7) is 0.704. The molecule has 0 bridgehead atoms. The number of aliphatic hydroxyl groups is 1. The van der Waals surface area contributed by atoms with Crippen molar-refractivity contribution in [3.63, 3.8) is 0 Å². The third-order valence-electron chi connectivity index (χ3n) is 2.31. The minimum atomic E-state index is -1.50. The first-order valence-corrected chi connectivity index (χ1v) is 4.43. The van der Waals surface area contributed by atoms with Gasteiger partial charge in [-0.25, -0.2) is 4.79 Å². The maximum absolute atomic E-state index is 11.3. The standard InChI is InChI=1S/C8H14N2O4/c9-2-5-1-7(12)10(3-5)4-6(11)8(13)14/h5-6,11H,1-4,9H2,(H,13,14). The summed E-state index contributed by atoms with van der Waals surface area (Å²) in [5.41, 5.74) is 5.39. The van der Waals surface area contributed by atoms with Crippen LogP contribution in [0.4, 0.5) is 0 Å². The second-order valence-electron chi connectivity index (χ2n) is 3.46.